The van der Waals surface area contributed by atoms with E-state index in [4.69, 9.17) is 11.6 Å². The maximum absolute atomic E-state index is 15.8. The highest BCUT2D eigenvalue weighted by Crippen LogP contribution is 2.44. The highest BCUT2D eigenvalue weighted by molar-refractivity contribution is 6.30. The Morgan fingerprint density at radius 2 is 1.50 bits per heavy atom. The van der Waals surface area contributed by atoms with Gasteiger partial charge in [0.25, 0.3) is 5.91 Å². The minimum absolute atomic E-state index is 0.0257. The topological polar surface area (TPSA) is 77.8 Å². The number of esters is 2. The number of benzene rings is 2. The van der Waals surface area contributed by atoms with E-state index in [1.54, 1.807) is 0 Å². The van der Waals surface area contributed by atoms with E-state index in [9.17, 15) is 23.2 Å². The van der Waals surface area contributed by atoms with Gasteiger partial charge in [-0.1, -0.05) is 35.9 Å². The van der Waals surface area contributed by atoms with Crippen molar-refractivity contribution in [2.75, 3.05) is 26.8 Å². The first kappa shape index (κ1) is 29.1. The van der Waals surface area contributed by atoms with Crippen molar-refractivity contribution < 1.29 is 41.4 Å². The molecule has 2 aromatic carbocycles. The number of aromatic nitrogens is 1. The summed E-state index contributed by atoms with van der Waals surface area (Å²) in [7, 11) is 2.71. The second-order valence-electron chi connectivity index (χ2n) is 9.13. The lowest BCUT2D eigenvalue weighted by Gasteiger charge is -2.24. The first-order valence-corrected chi connectivity index (χ1v) is 12.6. The van der Waals surface area contributed by atoms with Crippen molar-refractivity contribution in [1.29, 1.82) is 0 Å². The number of nitrogens with zero attached hydrogens (tertiary/aromatic N) is 2. The smallest absolute Gasteiger partial charge is 0.381 e. The zero-order valence-electron chi connectivity index (χ0n) is 22.0. The number of ether oxygens (including phenoxy) is 2. The van der Waals surface area contributed by atoms with E-state index in [0.717, 1.165) is 17.0 Å². The maximum Gasteiger partial charge on any atom is 0.381 e. The molecule has 1 aromatic heterocycles. The van der Waals surface area contributed by atoms with Gasteiger partial charge in [-0.3, -0.25) is 4.79 Å². The number of carbonyl (C=O) groups is 3. The van der Waals surface area contributed by atoms with Crippen LogP contribution in [-0.4, -0.2) is 60.0 Å². The Balaban J connectivity index is 2.11. The molecular formula is C28H25ClF4N2O5. The molecule has 0 saturated carbocycles. The average molecular weight is 581 g/mol. The molecule has 0 atom stereocenters. The summed E-state index contributed by atoms with van der Waals surface area (Å²) in [5, 5.41) is 0.498. The Kier molecular flexibility index (Phi) is 7.72. The predicted octanol–water partition coefficient (Wildman–Crippen LogP) is 5.57. The zero-order chi connectivity index (χ0) is 29.6. The Hall–Kier alpha value is -3.86. The van der Waals surface area contributed by atoms with Crippen LogP contribution >= 0.6 is 11.6 Å². The van der Waals surface area contributed by atoms with Gasteiger partial charge in [-0.2, -0.15) is 17.6 Å². The summed E-state index contributed by atoms with van der Waals surface area (Å²) in [5.74, 6) is -12.4. The van der Waals surface area contributed by atoms with Gasteiger partial charge in [0, 0.05) is 53.3 Å². The van der Waals surface area contributed by atoms with Gasteiger partial charge in [0.15, 0.2) is 0 Å². The van der Waals surface area contributed by atoms with Crippen LogP contribution in [0.4, 0.5) is 17.6 Å². The third-order valence-electron chi connectivity index (χ3n) is 6.63. The van der Waals surface area contributed by atoms with E-state index >= 15 is 8.78 Å². The molecule has 0 unspecified atom stereocenters. The van der Waals surface area contributed by atoms with Crippen LogP contribution in [0.15, 0.2) is 48.0 Å². The summed E-state index contributed by atoms with van der Waals surface area (Å²) < 4.78 is 71.9. The second kappa shape index (κ2) is 10.6. The van der Waals surface area contributed by atoms with E-state index in [-0.39, 0.29) is 46.5 Å². The molecule has 2 heterocycles. The van der Waals surface area contributed by atoms with Gasteiger partial charge >= 0.3 is 23.8 Å². The van der Waals surface area contributed by atoms with E-state index in [1.165, 1.54) is 62.8 Å². The molecule has 0 spiro atoms. The number of likely N-dealkylation sites (N-methyl/N-ethyl adjacent to an activating group) is 1. The number of rotatable bonds is 7. The maximum atomic E-state index is 15.8. The summed E-state index contributed by atoms with van der Waals surface area (Å²) in [6.07, 6.45) is 0. The Labute approximate surface area is 231 Å². The molecule has 0 N–H and O–H groups in total. The molecule has 3 aromatic rings. The first-order valence-electron chi connectivity index (χ1n) is 12.3. The van der Waals surface area contributed by atoms with E-state index in [1.807, 2.05) is 0 Å². The minimum atomic E-state index is -4.15. The first-order chi connectivity index (χ1) is 18.8. The Bertz CT molecular complexity index is 1550. The number of aryl methyl sites for hydroxylation is 1. The van der Waals surface area contributed by atoms with Crippen molar-refractivity contribution >= 4 is 45.9 Å². The molecule has 0 fully saturated rings. The molecule has 4 rings (SSSR count). The van der Waals surface area contributed by atoms with Gasteiger partial charge < -0.3 is 18.9 Å². The lowest BCUT2D eigenvalue weighted by atomic mass is 9.91. The molecular weight excluding hydrogens is 556 g/mol. The lowest BCUT2D eigenvalue weighted by molar-refractivity contribution is -0.173. The quantitative estimate of drug-likeness (QED) is 0.270. The molecule has 0 radical (unpaired) electrons. The van der Waals surface area contributed by atoms with Crippen LogP contribution in [0, 0.1) is 0 Å². The van der Waals surface area contributed by atoms with Crippen molar-refractivity contribution in [3.63, 3.8) is 0 Å². The second-order valence-corrected chi connectivity index (χ2v) is 9.56. The fourth-order valence-corrected chi connectivity index (χ4v) is 4.86. The molecule has 1 aliphatic heterocycles. The summed E-state index contributed by atoms with van der Waals surface area (Å²) in [6, 6.07) is 9.05. The predicted molar refractivity (Wildman–Crippen MR) is 139 cm³/mol. The largest absolute Gasteiger partial charge is 0.461 e. The number of alkyl halides is 4. The monoisotopic (exact) mass is 580 g/mol. The number of fused-ring (bicyclic) bond motifs is 3. The summed E-state index contributed by atoms with van der Waals surface area (Å²) in [6.45, 7) is 1.59. The summed E-state index contributed by atoms with van der Waals surface area (Å²) in [5.41, 5.74) is -1.36. The van der Waals surface area contributed by atoms with Gasteiger partial charge in [0.1, 0.15) is 0 Å². The summed E-state index contributed by atoms with van der Waals surface area (Å²) in [4.78, 5) is 39.1. The normalized spacial score (nSPS) is 14.3. The molecule has 1 aliphatic rings. The lowest BCUT2D eigenvalue weighted by Crippen LogP contribution is -2.39. The van der Waals surface area contributed by atoms with Gasteiger partial charge in [-0.15, -0.1) is 0 Å². The van der Waals surface area contributed by atoms with E-state index < -0.39 is 47.4 Å². The molecule has 0 aliphatic carbocycles. The Morgan fingerprint density at radius 3 is 2.08 bits per heavy atom. The van der Waals surface area contributed by atoms with Crippen molar-refractivity contribution in [1.82, 2.24) is 9.47 Å². The fourth-order valence-electron chi connectivity index (χ4n) is 4.73. The van der Waals surface area contributed by atoms with Crippen molar-refractivity contribution in [3.8, 4) is 0 Å². The van der Waals surface area contributed by atoms with Crippen LogP contribution in [0.5, 0.6) is 0 Å². The molecule has 7 nitrogen and oxygen atoms in total. The van der Waals surface area contributed by atoms with Gasteiger partial charge in [-0.25, -0.2) is 9.59 Å². The zero-order valence-corrected chi connectivity index (χ0v) is 22.7. The number of carbonyl (C=O) groups excluding carboxylic acids is 3. The van der Waals surface area contributed by atoms with Crippen LogP contribution < -0.4 is 0 Å². The third-order valence-corrected chi connectivity index (χ3v) is 6.89. The van der Waals surface area contributed by atoms with Crippen LogP contribution in [0.25, 0.3) is 16.5 Å². The van der Waals surface area contributed by atoms with Crippen molar-refractivity contribution in [3.05, 3.63) is 75.4 Å². The van der Waals surface area contributed by atoms with E-state index in [0.29, 0.717) is 5.02 Å². The molecule has 1 amide bonds. The average Bonchev–Trinajstić information content (AvgIpc) is 3.13. The van der Waals surface area contributed by atoms with Crippen LogP contribution in [0.2, 0.25) is 5.02 Å². The number of hydrogen-bond acceptors (Lipinski definition) is 5. The highest BCUT2D eigenvalue weighted by atomic mass is 35.5. The van der Waals surface area contributed by atoms with Gasteiger partial charge in [-0.05, 0) is 37.6 Å². The van der Waals surface area contributed by atoms with E-state index in [2.05, 4.69) is 9.47 Å². The standard InChI is InChI=1S/C28H25ClF4N2O5/c1-5-39-25(37)27(30,31)16-9-12-18-20(13-16)35(4)23-21(15-7-10-17(29)11-8-15)19(14-34(3)24(36)22(18)23)28(32,33)26(38)40-6-2/h7-13H,5-6,14H2,1-4H3. The highest BCUT2D eigenvalue weighted by Gasteiger charge is 2.49. The molecule has 12 heteroatoms. The Morgan fingerprint density at radius 1 is 0.925 bits per heavy atom. The molecule has 212 valence electrons. The van der Waals surface area contributed by atoms with Crippen molar-refractivity contribution in [2.45, 2.75) is 25.7 Å². The van der Waals surface area contributed by atoms with Gasteiger partial charge in [0.05, 0.1) is 24.5 Å². The number of halogens is 5. The minimum Gasteiger partial charge on any atom is -0.461 e. The fraction of sp³-hybridized carbons (Fsp3) is 0.321. The van der Waals surface area contributed by atoms with Crippen LogP contribution in [-0.2, 0) is 32.0 Å². The third kappa shape index (κ3) is 4.72. The van der Waals surface area contributed by atoms with Crippen molar-refractivity contribution in [2.24, 2.45) is 7.05 Å². The SMILES string of the molecule is CCOC(=O)C(F)(F)C1=C(c2ccc(Cl)cc2)c2c(c3ccc(C(F)(F)C(=O)OCC)cc3n2C)C(=O)N(C)C1. The van der Waals surface area contributed by atoms with Crippen LogP contribution in [0.3, 0.4) is 0 Å². The van der Waals surface area contributed by atoms with Crippen LogP contribution in [0.1, 0.15) is 41.0 Å². The van der Waals surface area contributed by atoms with Gasteiger partial charge in [0.2, 0.25) is 0 Å². The molecule has 40 heavy (non-hydrogen) atoms. The molecule has 0 bridgehead atoms. The number of amides is 1. The molecule has 0 saturated heterocycles. The number of hydrogen-bond donors (Lipinski definition) is 0. The summed E-state index contributed by atoms with van der Waals surface area (Å²) >= 11 is 6.04.